The minimum atomic E-state index is -4.32. The standard InChI is InChI=1S/C23H27F3N4OS/c1-2-32-30-8-7-17(13-30)10-28-22(31)18-9-19-14-29(15-21(19)27-11-18)12-16-3-5-20(6-4-16)23(24,25)26/h3-6,9,11,17H,2,7-8,10,12-15H2,1H3,(H,28,31). The summed E-state index contributed by atoms with van der Waals surface area (Å²) in [4.78, 5) is 19.2. The fourth-order valence-electron chi connectivity index (χ4n) is 4.22. The predicted molar refractivity (Wildman–Crippen MR) is 119 cm³/mol. The number of hydrogen-bond donors (Lipinski definition) is 1. The van der Waals surface area contributed by atoms with E-state index in [0.29, 0.717) is 37.7 Å². The zero-order chi connectivity index (χ0) is 22.7. The van der Waals surface area contributed by atoms with Gasteiger partial charge in [-0.3, -0.25) is 19.0 Å². The summed E-state index contributed by atoms with van der Waals surface area (Å²) in [6, 6.07) is 7.15. The lowest BCUT2D eigenvalue weighted by Gasteiger charge is -2.15. The van der Waals surface area contributed by atoms with E-state index in [0.717, 1.165) is 54.2 Å². The van der Waals surface area contributed by atoms with Gasteiger partial charge in [0.05, 0.1) is 16.8 Å². The number of nitrogens with zero attached hydrogens (tertiary/aromatic N) is 3. The zero-order valence-corrected chi connectivity index (χ0v) is 18.8. The monoisotopic (exact) mass is 464 g/mol. The molecular weight excluding hydrogens is 437 g/mol. The van der Waals surface area contributed by atoms with Crippen LogP contribution in [0.15, 0.2) is 36.5 Å². The lowest BCUT2D eigenvalue weighted by molar-refractivity contribution is -0.137. The molecule has 4 rings (SSSR count). The van der Waals surface area contributed by atoms with Gasteiger partial charge in [-0.15, -0.1) is 0 Å². The van der Waals surface area contributed by atoms with Gasteiger partial charge in [0.15, 0.2) is 0 Å². The van der Waals surface area contributed by atoms with Gasteiger partial charge in [-0.25, -0.2) is 0 Å². The van der Waals surface area contributed by atoms with Gasteiger partial charge in [0, 0.05) is 51.2 Å². The summed E-state index contributed by atoms with van der Waals surface area (Å²) in [5, 5.41) is 3.04. The summed E-state index contributed by atoms with van der Waals surface area (Å²) in [5.41, 5.74) is 2.64. The van der Waals surface area contributed by atoms with Gasteiger partial charge in [0.1, 0.15) is 0 Å². The Bertz CT molecular complexity index is 951. The van der Waals surface area contributed by atoms with Crippen molar-refractivity contribution >= 4 is 17.9 Å². The molecule has 1 N–H and O–H groups in total. The van der Waals surface area contributed by atoms with Crippen LogP contribution < -0.4 is 5.32 Å². The van der Waals surface area contributed by atoms with E-state index in [1.807, 2.05) is 18.0 Å². The molecule has 1 amide bonds. The number of carbonyl (C=O) groups is 1. The van der Waals surface area contributed by atoms with Crippen molar-refractivity contribution in [3.63, 3.8) is 0 Å². The van der Waals surface area contributed by atoms with Crippen molar-refractivity contribution in [3.05, 3.63) is 64.5 Å². The highest BCUT2D eigenvalue weighted by Crippen LogP contribution is 2.30. The molecule has 3 heterocycles. The van der Waals surface area contributed by atoms with Crippen LogP contribution in [0.4, 0.5) is 13.2 Å². The summed E-state index contributed by atoms with van der Waals surface area (Å²) in [6.45, 7) is 6.64. The van der Waals surface area contributed by atoms with Gasteiger partial charge >= 0.3 is 6.18 Å². The van der Waals surface area contributed by atoms with E-state index in [4.69, 9.17) is 0 Å². The van der Waals surface area contributed by atoms with Crippen molar-refractivity contribution < 1.29 is 18.0 Å². The minimum absolute atomic E-state index is 0.108. The second-order valence-corrected chi connectivity index (χ2v) is 9.69. The largest absolute Gasteiger partial charge is 0.416 e. The van der Waals surface area contributed by atoms with Crippen molar-refractivity contribution in [3.8, 4) is 0 Å². The molecular formula is C23H27F3N4OS. The maximum absolute atomic E-state index is 12.7. The highest BCUT2D eigenvalue weighted by Gasteiger charge is 2.30. The van der Waals surface area contributed by atoms with Crippen LogP contribution >= 0.6 is 11.9 Å². The first-order valence-electron chi connectivity index (χ1n) is 10.8. The first-order chi connectivity index (χ1) is 15.3. The van der Waals surface area contributed by atoms with E-state index >= 15 is 0 Å². The molecule has 9 heteroatoms. The highest BCUT2D eigenvalue weighted by atomic mass is 32.2. The van der Waals surface area contributed by atoms with Gasteiger partial charge in [0.2, 0.25) is 0 Å². The molecule has 0 aliphatic carbocycles. The van der Waals surface area contributed by atoms with E-state index in [-0.39, 0.29) is 5.91 Å². The normalized spacial score (nSPS) is 19.3. The number of halogens is 3. The average molecular weight is 465 g/mol. The Morgan fingerprint density at radius 2 is 2.03 bits per heavy atom. The van der Waals surface area contributed by atoms with E-state index in [1.165, 1.54) is 12.1 Å². The summed E-state index contributed by atoms with van der Waals surface area (Å²) >= 11 is 1.85. The summed E-state index contributed by atoms with van der Waals surface area (Å²) < 4.78 is 40.6. The van der Waals surface area contributed by atoms with Gasteiger partial charge in [-0.1, -0.05) is 31.0 Å². The molecule has 1 aromatic carbocycles. The van der Waals surface area contributed by atoms with Crippen molar-refractivity contribution in [2.75, 3.05) is 25.4 Å². The Morgan fingerprint density at radius 1 is 1.25 bits per heavy atom. The number of pyridine rings is 1. The Morgan fingerprint density at radius 3 is 2.75 bits per heavy atom. The SMILES string of the molecule is CCSN1CCC(CNC(=O)c2cnc3c(c2)CN(Cc2ccc(C(F)(F)F)cc2)C3)C1. The van der Waals surface area contributed by atoms with Crippen LogP contribution in [0.5, 0.6) is 0 Å². The number of hydrogen-bond acceptors (Lipinski definition) is 5. The molecule has 0 radical (unpaired) electrons. The van der Waals surface area contributed by atoms with Crippen molar-refractivity contribution in [1.29, 1.82) is 0 Å². The molecule has 1 fully saturated rings. The van der Waals surface area contributed by atoms with Crippen molar-refractivity contribution in [2.24, 2.45) is 5.92 Å². The third-order valence-electron chi connectivity index (χ3n) is 5.89. The third-order valence-corrected chi connectivity index (χ3v) is 6.84. The molecule has 2 aromatic rings. The predicted octanol–water partition coefficient (Wildman–Crippen LogP) is 4.34. The molecule has 0 spiro atoms. The number of nitrogens with one attached hydrogen (secondary N) is 1. The number of fused-ring (bicyclic) bond motifs is 1. The van der Waals surface area contributed by atoms with Crippen LogP contribution in [-0.4, -0.2) is 45.5 Å². The fourth-order valence-corrected chi connectivity index (χ4v) is 5.14. The lowest BCUT2D eigenvalue weighted by Crippen LogP contribution is -2.30. The first kappa shape index (κ1) is 23.1. The Kier molecular flexibility index (Phi) is 7.07. The number of aromatic nitrogens is 1. The number of amides is 1. The van der Waals surface area contributed by atoms with Crippen LogP contribution in [0.3, 0.4) is 0 Å². The topological polar surface area (TPSA) is 48.5 Å². The Hall–Kier alpha value is -2.10. The highest BCUT2D eigenvalue weighted by molar-refractivity contribution is 7.96. The van der Waals surface area contributed by atoms with Gasteiger partial charge in [-0.2, -0.15) is 13.2 Å². The van der Waals surface area contributed by atoms with Gasteiger partial charge in [-0.05, 0) is 41.7 Å². The van der Waals surface area contributed by atoms with Gasteiger partial charge in [0.25, 0.3) is 5.91 Å². The Balaban J connectivity index is 1.30. The maximum atomic E-state index is 12.7. The zero-order valence-electron chi connectivity index (χ0n) is 18.0. The molecule has 1 unspecified atom stereocenters. The van der Waals surface area contributed by atoms with E-state index in [9.17, 15) is 18.0 Å². The fraction of sp³-hybridized carbons (Fsp3) is 0.478. The molecule has 0 bridgehead atoms. The van der Waals surface area contributed by atoms with E-state index in [2.05, 4.69) is 26.4 Å². The number of carbonyl (C=O) groups excluding carboxylic acids is 1. The summed E-state index contributed by atoms with van der Waals surface area (Å²) in [7, 11) is 0. The third kappa shape index (κ3) is 5.63. The first-order valence-corrected chi connectivity index (χ1v) is 11.8. The second kappa shape index (κ2) is 9.80. The van der Waals surface area contributed by atoms with E-state index < -0.39 is 11.7 Å². The smallest absolute Gasteiger partial charge is 0.352 e. The van der Waals surface area contributed by atoms with Crippen LogP contribution in [0.2, 0.25) is 0 Å². The van der Waals surface area contributed by atoms with Gasteiger partial charge < -0.3 is 5.32 Å². The quantitative estimate of drug-likeness (QED) is 0.618. The number of rotatable bonds is 7. The maximum Gasteiger partial charge on any atom is 0.416 e. The van der Waals surface area contributed by atoms with Crippen LogP contribution in [0.1, 0.15) is 46.1 Å². The molecule has 1 aromatic heterocycles. The Labute approximate surface area is 190 Å². The molecule has 1 saturated heterocycles. The minimum Gasteiger partial charge on any atom is -0.352 e. The molecule has 0 saturated carbocycles. The molecule has 32 heavy (non-hydrogen) atoms. The second-order valence-electron chi connectivity index (χ2n) is 8.34. The van der Waals surface area contributed by atoms with E-state index in [1.54, 1.807) is 6.20 Å². The molecule has 2 aliphatic rings. The summed E-state index contributed by atoms with van der Waals surface area (Å²) in [5.74, 6) is 1.43. The molecule has 172 valence electrons. The average Bonchev–Trinajstić information content (AvgIpc) is 3.37. The van der Waals surface area contributed by atoms with Crippen LogP contribution in [-0.2, 0) is 25.8 Å². The number of alkyl halides is 3. The lowest BCUT2D eigenvalue weighted by atomic mass is 10.1. The van der Waals surface area contributed by atoms with Crippen molar-refractivity contribution in [2.45, 2.75) is 39.2 Å². The summed E-state index contributed by atoms with van der Waals surface area (Å²) in [6.07, 6.45) is -1.62. The molecule has 2 aliphatic heterocycles. The number of benzene rings is 1. The van der Waals surface area contributed by atoms with Crippen molar-refractivity contribution in [1.82, 2.24) is 19.5 Å². The van der Waals surface area contributed by atoms with Crippen LogP contribution in [0.25, 0.3) is 0 Å². The van der Waals surface area contributed by atoms with Crippen LogP contribution in [0, 0.1) is 5.92 Å². The molecule has 5 nitrogen and oxygen atoms in total. The molecule has 1 atom stereocenters.